The zero-order valence-corrected chi connectivity index (χ0v) is 13.2. The number of hydrogen-bond donors (Lipinski definition) is 1. The van der Waals surface area contributed by atoms with Crippen LogP contribution in [0.15, 0.2) is 0 Å². The van der Waals surface area contributed by atoms with Crippen LogP contribution >= 0.6 is 12.2 Å². The van der Waals surface area contributed by atoms with Gasteiger partial charge in [-0.05, 0) is 25.7 Å². The Balaban J connectivity index is 2.11. The molecular formula is C15H26N2O2S. The normalized spacial score (nSPS) is 23.9. The molecule has 1 saturated carbocycles. The van der Waals surface area contributed by atoms with E-state index in [9.17, 15) is 4.79 Å². The second-order valence-corrected chi connectivity index (χ2v) is 6.56. The zero-order chi connectivity index (χ0) is 14.6. The predicted octanol–water partition coefficient (Wildman–Crippen LogP) is 2.25. The van der Waals surface area contributed by atoms with E-state index in [1.165, 1.54) is 25.7 Å². The van der Waals surface area contributed by atoms with E-state index in [1.54, 1.807) is 0 Å². The van der Waals surface area contributed by atoms with Crippen LogP contribution in [0.3, 0.4) is 0 Å². The highest BCUT2D eigenvalue weighted by molar-refractivity contribution is 7.80. The molecule has 0 aromatic heterocycles. The number of hydrogen-bond acceptors (Lipinski definition) is 3. The molecule has 0 bridgehead atoms. The van der Waals surface area contributed by atoms with Crippen LogP contribution in [0.1, 0.15) is 51.4 Å². The molecule has 2 N–H and O–H groups in total. The molecule has 2 fully saturated rings. The van der Waals surface area contributed by atoms with Gasteiger partial charge in [-0.1, -0.05) is 37.9 Å². The minimum atomic E-state index is -0.672. The minimum absolute atomic E-state index is 0.111. The number of amides is 1. The number of carbonyl (C=O) groups excluding carboxylic acids is 1. The zero-order valence-electron chi connectivity index (χ0n) is 12.4. The average molecular weight is 298 g/mol. The number of nitrogens with two attached hydrogens (primary N) is 1. The van der Waals surface area contributed by atoms with Gasteiger partial charge in [0.05, 0.1) is 4.99 Å². The average Bonchev–Trinajstić information content (AvgIpc) is 2.75. The summed E-state index contributed by atoms with van der Waals surface area (Å²) < 4.78 is 5.38. The van der Waals surface area contributed by atoms with E-state index >= 15 is 0 Å². The van der Waals surface area contributed by atoms with Crippen molar-refractivity contribution in [1.29, 1.82) is 0 Å². The summed E-state index contributed by atoms with van der Waals surface area (Å²) in [5.41, 5.74) is 5.26. The van der Waals surface area contributed by atoms with Crippen molar-refractivity contribution in [2.75, 3.05) is 20.3 Å². The highest BCUT2D eigenvalue weighted by atomic mass is 32.1. The second kappa shape index (κ2) is 6.85. The van der Waals surface area contributed by atoms with Crippen LogP contribution in [0.5, 0.6) is 0 Å². The molecule has 114 valence electrons. The molecule has 2 rings (SSSR count). The molecule has 20 heavy (non-hydrogen) atoms. The molecule has 0 aromatic rings. The molecule has 1 heterocycles. The van der Waals surface area contributed by atoms with Gasteiger partial charge in [0.15, 0.2) is 0 Å². The molecule has 0 atom stereocenters. The fourth-order valence-corrected chi connectivity index (χ4v) is 3.73. The fraction of sp³-hybridized carbons (Fsp3) is 0.867. The van der Waals surface area contributed by atoms with E-state index in [2.05, 4.69) is 0 Å². The van der Waals surface area contributed by atoms with Gasteiger partial charge in [-0.2, -0.15) is 0 Å². The number of carbonyl (C=O) groups is 1. The topological polar surface area (TPSA) is 55.6 Å². The van der Waals surface area contributed by atoms with Gasteiger partial charge in [0.1, 0.15) is 5.41 Å². The first-order valence-electron chi connectivity index (χ1n) is 7.73. The summed E-state index contributed by atoms with van der Waals surface area (Å²) in [6, 6.07) is 0.346. The first-order valence-corrected chi connectivity index (χ1v) is 8.14. The van der Waals surface area contributed by atoms with Crippen molar-refractivity contribution in [3.8, 4) is 0 Å². The fourth-order valence-electron chi connectivity index (χ4n) is 3.43. The first-order chi connectivity index (χ1) is 9.58. The van der Waals surface area contributed by atoms with E-state index in [-0.39, 0.29) is 5.91 Å². The standard InChI is InChI=1S/C15H26N2O2S/c1-17(12-6-4-2-3-5-7-12)14(18)15(13(16)20)8-10-19-11-9-15/h12H,2-11H2,1H3,(H2,16,20). The quantitative estimate of drug-likeness (QED) is 0.641. The van der Waals surface area contributed by atoms with Gasteiger partial charge >= 0.3 is 0 Å². The maximum atomic E-state index is 13.0. The predicted molar refractivity (Wildman–Crippen MR) is 83.5 cm³/mol. The van der Waals surface area contributed by atoms with Crippen molar-refractivity contribution >= 4 is 23.1 Å². The summed E-state index contributed by atoms with van der Waals surface area (Å²) in [6.45, 7) is 1.14. The molecule has 0 aromatic carbocycles. The van der Waals surface area contributed by atoms with Crippen LogP contribution in [0, 0.1) is 5.41 Å². The Hall–Kier alpha value is -0.680. The number of ether oxygens (including phenoxy) is 1. The van der Waals surface area contributed by atoms with Gasteiger partial charge in [0, 0.05) is 26.3 Å². The van der Waals surface area contributed by atoms with E-state index in [4.69, 9.17) is 22.7 Å². The monoisotopic (exact) mass is 298 g/mol. The Morgan fingerprint density at radius 2 is 1.75 bits per heavy atom. The van der Waals surface area contributed by atoms with Gasteiger partial charge in [0.25, 0.3) is 0 Å². The molecule has 0 spiro atoms. The third-order valence-electron chi connectivity index (χ3n) is 4.92. The molecule has 2 aliphatic rings. The van der Waals surface area contributed by atoms with E-state index in [0.29, 0.717) is 37.1 Å². The second-order valence-electron chi connectivity index (χ2n) is 6.12. The summed E-state index contributed by atoms with van der Waals surface area (Å²) in [6.07, 6.45) is 8.45. The Morgan fingerprint density at radius 3 is 2.25 bits per heavy atom. The lowest BCUT2D eigenvalue weighted by atomic mass is 9.78. The smallest absolute Gasteiger partial charge is 0.235 e. The van der Waals surface area contributed by atoms with Gasteiger partial charge in [0.2, 0.25) is 5.91 Å². The molecule has 4 nitrogen and oxygen atoms in total. The van der Waals surface area contributed by atoms with Crippen LogP contribution in [0.25, 0.3) is 0 Å². The summed E-state index contributed by atoms with van der Waals surface area (Å²) in [5, 5.41) is 0. The first kappa shape index (κ1) is 15.7. The maximum Gasteiger partial charge on any atom is 0.235 e. The van der Waals surface area contributed by atoms with Crippen molar-refractivity contribution in [2.24, 2.45) is 11.1 Å². The molecule has 1 saturated heterocycles. The molecule has 1 aliphatic heterocycles. The molecule has 0 unspecified atom stereocenters. The minimum Gasteiger partial charge on any atom is -0.392 e. The highest BCUT2D eigenvalue weighted by Gasteiger charge is 2.45. The van der Waals surface area contributed by atoms with Crippen LogP contribution in [0.2, 0.25) is 0 Å². The summed E-state index contributed by atoms with van der Waals surface area (Å²) >= 11 is 5.23. The Morgan fingerprint density at radius 1 is 1.20 bits per heavy atom. The van der Waals surface area contributed by atoms with Crippen LogP contribution in [-0.2, 0) is 9.53 Å². The van der Waals surface area contributed by atoms with E-state index in [1.807, 2.05) is 11.9 Å². The Kier molecular flexibility index (Phi) is 5.38. The third-order valence-corrected chi connectivity index (χ3v) is 5.31. The van der Waals surface area contributed by atoms with E-state index in [0.717, 1.165) is 12.8 Å². The maximum absolute atomic E-state index is 13.0. The molecule has 1 aliphatic carbocycles. The lowest BCUT2D eigenvalue weighted by molar-refractivity contribution is -0.143. The molecule has 0 radical (unpaired) electrons. The van der Waals surface area contributed by atoms with Gasteiger partial charge < -0.3 is 15.4 Å². The van der Waals surface area contributed by atoms with Crippen LogP contribution < -0.4 is 5.73 Å². The number of nitrogens with zero attached hydrogens (tertiary/aromatic N) is 1. The lowest BCUT2D eigenvalue weighted by Gasteiger charge is -2.40. The Bertz CT molecular complexity index is 359. The van der Waals surface area contributed by atoms with Crippen molar-refractivity contribution in [1.82, 2.24) is 4.90 Å². The summed E-state index contributed by atoms with van der Waals surface area (Å²) in [7, 11) is 1.92. The lowest BCUT2D eigenvalue weighted by Crippen LogP contribution is -2.54. The van der Waals surface area contributed by atoms with E-state index < -0.39 is 5.41 Å². The van der Waals surface area contributed by atoms with Gasteiger partial charge in [-0.15, -0.1) is 0 Å². The molecular weight excluding hydrogens is 272 g/mol. The van der Waals surface area contributed by atoms with Gasteiger partial charge in [-0.25, -0.2) is 0 Å². The Labute approximate surface area is 127 Å². The summed E-state index contributed by atoms with van der Waals surface area (Å²) in [4.78, 5) is 15.2. The van der Waals surface area contributed by atoms with Crippen LogP contribution in [0.4, 0.5) is 0 Å². The van der Waals surface area contributed by atoms with Crippen molar-refractivity contribution in [3.05, 3.63) is 0 Å². The molecule has 5 heteroatoms. The van der Waals surface area contributed by atoms with Crippen molar-refractivity contribution in [2.45, 2.75) is 57.4 Å². The van der Waals surface area contributed by atoms with Crippen molar-refractivity contribution in [3.63, 3.8) is 0 Å². The number of thiocarbonyl (C=S) groups is 1. The third kappa shape index (κ3) is 3.14. The largest absolute Gasteiger partial charge is 0.392 e. The van der Waals surface area contributed by atoms with Crippen molar-refractivity contribution < 1.29 is 9.53 Å². The molecule has 1 amide bonds. The van der Waals surface area contributed by atoms with Crippen LogP contribution in [-0.4, -0.2) is 42.1 Å². The number of rotatable bonds is 3. The summed E-state index contributed by atoms with van der Waals surface area (Å²) in [5.74, 6) is 0.111. The van der Waals surface area contributed by atoms with Gasteiger partial charge in [-0.3, -0.25) is 4.79 Å². The highest BCUT2D eigenvalue weighted by Crippen LogP contribution is 2.35. The SMILES string of the molecule is CN(C(=O)C1(C(N)=S)CCOCC1)C1CCCCCC1.